The van der Waals surface area contributed by atoms with Crippen LogP contribution < -0.4 is 0 Å². The van der Waals surface area contributed by atoms with Crippen LogP contribution in [-0.2, 0) is 0 Å². The summed E-state index contributed by atoms with van der Waals surface area (Å²) >= 11 is 0. The maximum atomic E-state index is 3.95. The number of hydrogen-bond acceptors (Lipinski definition) is 1. The standard InChI is InChI=1S/C6H11N/c1-4-7-5-6(2)3/h4H,2,5H2,1,3H3/b7-4-. The maximum absolute atomic E-state index is 3.95. The van der Waals surface area contributed by atoms with Crippen molar-refractivity contribution in [2.24, 2.45) is 4.99 Å². The predicted octanol–water partition coefficient (Wildman–Crippen LogP) is 1.65. The van der Waals surface area contributed by atoms with Crippen molar-refractivity contribution < 1.29 is 0 Å². The van der Waals surface area contributed by atoms with Gasteiger partial charge in [-0.1, -0.05) is 12.2 Å². The van der Waals surface area contributed by atoms with Gasteiger partial charge in [0.25, 0.3) is 0 Å². The Hall–Kier alpha value is -0.590. The van der Waals surface area contributed by atoms with Crippen molar-refractivity contribution in [1.29, 1.82) is 0 Å². The molecular weight excluding hydrogens is 86.1 g/mol. The molecular formula is C6H11N. The van der Waals surface area contributed by atoms with Crippen LogP contribution in [0, 0.1) is 0 Å². The summed E-state index contributed by atoms with van der Waals surface area (Å²) in [6, 6.07) is 0. The maximum Gasteiger partial charge on any atom is 0.0590 e. The van der Waals surface area contributed by atoms with Gasteiger partial charge in [0.1, 0.15) is 0 Å². The minimum Gasteiger partial charge on any atom is -0.293 e. The fraction of sp³-hybridized carbons (Fsp3) is 0.500. The molecule has 0 heterocycles. The Bertz CT molecular complexity index is 82.2. The third-order valence-electron chi connectivity index (χ3n) is 0.544. The van der Waals surface area contributed by atoms with Crippen LogP contribution in [0.5, 0.6) is 0 Å². The molecule has 0 atom stereocenters. The smallest absolute Gasteiger partial charge is 0.0590 e. The zero-order valence-electron chi connectivity index (χ0n) is 4.94. The normalized spacial score (nSPS) is 10.0. The van der Waals surface area contributed by atoms with E-state index in [9.17, 15) is 0 Å². The van der Waals surface area contributed by atoms with Gasteiger partial charge in [0.2, 0.25) is 0 Å². The topological polar surface area (TPSA) is 12.4 Å². The van der Waals surface area contributed by atoms with Crippen molar-refractivity contribution in [3.63, 3.8) is 0 Å². The molecule has 0 aliphatic rings. The quantitative estimate of drug-likeness (QED) is 0.367. The van der Waals surface area contributed by atoms with Crippen LogP contribution in [0.2, 0.25) is 0 Å². The molecule has 1 heteroatoms. The molecule has 40 valence electrons. The molecule has 0 aromatic carbocycles. The Balaban J connectivity index is 3.14. The second-order valence-corrected chi connectivity index (χ2v) is 1.56. The minimum atomic E-state index is 0.774. The molecule has 0 aliphatic carbocycles. The van der Waals surface area contributed by atoms with E-state index in [2.05, 4.69) is 11.6 Å². The number of nitrogens with zero attached hydrogens (tertiary/aromatic N) is 1. The molecule has 0 unspecified atom stereocenters. The molecule has 0 aliphatic heterocycles. The van der Waals surface area contributed by atoms with Crippen LogP contribution in [0.1, 0.15) is 13.8 Å². The summed E-state index contributed by atoms with van der Waals surface area (Å²) in [6.07, 6.45) is 1.79. The van der Waals surface area contributed by atoms with Crippen molar-refractivity contribution in [2.75, 3.05) is 6.54 Å². The molecule has 0 amide bonds. The molecule has 0 aromatic heterocycles. The Labute approximate surface area is 44.8 Å². The van der Waals surface area contributed by atoms with E-state index in [0.29, 0.717) is 0 Å². The summed E-state index contributed by atoms with van der Waals surface area (Å²) in [7, 11) is 0. The Kier molecular flexibility index (Phi) is 3.29. The van der Waals surface area contributed by atoms with E-state index in [1.807, 2.05) is 13.8 Å². The Morgan fingerprint density at radius 3 is 2.57 bits per heavy atom. The molecule has 0 saturated heterocycles. The van der Waals surface area contributed by atoms with Gasteiger partial charge in [-0.15, -0.1) is 0 Å². The van der Waals surface area contributed by atoms with Crippen molar-refractivity contribution >= 4 is 6.21 Å². The van der Waals surface area contributed by atoms with Crippen LogP contribution in [0.3, 0.4) is 0 Å². The summed E-state index contributed by atoms with van der Waals surface area (Å²) in [5.41, 5.74) is 1.11. The van der Waals surface area contributed by atoms with Gasteiger partial charge in [-0.3, -0.25) is 4.99 Å². The summed E-state index contributed by atoms with van der Waals surface area (Å²) in [5, 5.41) is 0. The third-order valence-corrected chi connectivity index (χ3v) is 0.544. The molecule has 1 nitrogen and oxygen atoms in total. The van der Waals surface area contributed by atoms with Crippen LogP contribution in [0.25, 0.3) is 0 Å². The van der Waals surface area contributed by atoms with Crippen LogP contribution >= 0.6 is 0 Å². The highest BCUT2D eigenvalue weighted by Gasteiger charge is 1.73. The van der Waals surface area contributed by atoms with E-state index in [-0.39, 0.29) is 0 Å². The van der Waals surface area contributed by atoms with Crippen LogP contribution in [0.4, 0.5) is 0 Å². The molecule has 0 saturated carbocycles. The summed E-state index contributed by atoms with van der Waals surface area (Å²) in [6.45, 7) is 8.32. The van der Waals surface area contributed by atoms with E-state index >= 15 is 0 Å². The van der Waals surface area contributed by atoms with Gasteiger partial charge in [0, 0.05) is 0 Å². The highest BCUT2D eigenvalue weighted by molar-refractivity contribution is 5.53. The van der Waals surface area contributed by atoms with Gasteiger partial charge in [0.05, 0.1) is 6.54 Å². The first-order valence-electron chi connectivity index (χ1n) is 2.36. The third kappa shape index (κ3) is 5.41. The van der Waals surface area contributed by atoms with Gasteiger partial charge < -0.3 is 0 Å². The highest BCUT2D eigenvalue weighted by Crippen LogP contribution is 1.83. The predicted molar refractivity (Wildman–Crippen MR) is 33.8 cm³/mol. The Morgan fingerprint density at radius 2 is 2.43 bits per heavy atom. The van der Waals surface area contributed by atoms with Gasteiger partial charge in [-0.2, -0.15) is 0 Å². The average molecular weight is 97.2 g/mol. The van der Waals surface area contributed by atoms with E-state index in [1.165, 1.54) is 0 Å². The van der Waals surface area contributed by atoms with E-state index < -0.39 is 0 Å². The number of aliphatic imine (C=N–C) groups is 1. The lowest BCUT2D eigenvalue weighted by atomic mass is 10.4. The number of hydrogen-bond donors (Lipinski definition) is 0. The molecule has 0 fully saturated rings. The lowest BCUT2D eigenvalue weighted by molar-refractivity contribution is 1.15. The SMILES string of the molecule is C=C(C)C/N=C\C. The minimum absolute atomic E-state index is 0.774. The van der Waals surface area contributed by atoms with Crippen LogP contribution in [-0.4, -0.2) is 12.8 Å². The second-order valence-electron chi connectivity index (χ2n) is 1.56. The second kappa shape index (κ2) is 3.59. The van der Waals surface area contributed by atoms with Gasteiger partial charge in [-0.05, 0) is 20.1 Å². The molecule has 0 spiro atoms. The summed E-state index contributed by atoms with van der Waals surface area (Å²) in [4.78, 5) is 3.95. The molecule has 7 heavy (non-hydrogen) atoms. The first kappa shape index (κ1) is 6.41. The van der Waals surface area contributed by atoms with E-state index in [0.717, 1.165) is 12.1 Å². The first-order valence-corrected chi connectivity index (χ1v) is 2.36. The van der Waals surface area contributed by atoms with Crippen molar-refractivity contribution in [2.45, 2.75) is 13.8 Å². The fourth-order valence-electron chi connectivity index (χ4n) is 0.247. The van der Waals surface area contributed by atoms with E-state index in [1.54, 1.807) is 6.21 Å². The van der Waals surface area contributed by atoms with Crippen molar-refractivity contribution in [3.05, 3.63) is 12.2 Å². The van der Waals surface area contributed by atoms with Crippen molar-refractivity contribution in [1.82, 2.24) is 0 Å². The van der Waals surface area contributed by atoms with Crippen LogP contribution in [0.15, 0.2) is 17.1 Å². The van der Waals surface area contributed by atoms with Crippen molar-refractivity contribution in [3.8, 4) is 0 Å². The largest absolute Gasteiger partial charge is 0.293 e. The summed E-state index contributed by atoms with van der Waals surface area (Å²) < 4.78 is 0. The molecule has 0 bridgehead atoms. The zero-order chi connectivity index (χ0) is 5.70. The zero-order valence-corrected chi connectivity index (χ0v) is 4.94. The van der Waals surface area contributed by atoms with Gasteiger partial charge in [0.15, 0.2) is 0 Å². The molecule has 0 radical (unpaired) electrons. The molecule has 0 rings (SSSR count). The van der Waals surface area contributed by atoms with Gasteiger partial charge >= 0.3 is 0 Å². The fourth-order valence-corrected chi connectivity index (χ4v) is 0.247. The monoisotopic (exact) mass is 97.1 g/mol. The Morgan fingerprint density at radius 1 is 1.86 bits per heavy atom. The molecule has 0 N–H and O–H groups in total. The number of rotatable bonds is 2. The lowest BCUT2D eigenvalue weighted by Crippen LogP contribution is -1.77. The first-order chi connectivity index (χ1) is 3.27. The molecule has 0 aromatic rings. The lowest BCUT2D eigenvalue weighted by Gasteiger charge is -1.85. The van der Waals surface area contributed by atoms with Gasteiger partial charge in [-0.25, -0.2) is 0 Å². The van der Waals surface area contributed by atoms with E-state index in [4.69, 9.17) is 0 Å². The summed E-state index contributed by atoms with van der Waals surface area (Å²) in [5.74, 6) is 0. The highest BCUT2D eigenvalue weighted by atomic mass is 14.7. The average Bonchev–Trinajstić information content (AvgIpc) is 1.61.